The van der Waals surface area contributed by atoms with E-state index in [9.17, 15) is 4.79 Å². The maximum atomic E-state index is 11.5. The maximum Gasteiger partial charge on any atom is 0.290 e. The summed E-state index contributed by atoms with van der Waals surface area (Å²) in [7, 11) is 0. The lowest BCUT2D eigenvalue weighted by Gasteiger charge is -2.09. The summed E-state index contributed by atoms with van der Waals surface area (Å²) in [5.41, 5.74) is 0. The first-order valence-electron chi connectivity index (χ1n) is 4.79. The topological polar surface area (TPSA) is 70.7 Å². The molecule has 0 saturated carbocycles. The Kier molecular flexibility index (Phi) is 4.61. The van der Waals surface area contributed by atoms with E-state index in [1.807, 2.05) is 0 Å². The second kappa shape index (κ2) is 5.75. The summed E-state index contributed by atoms with van der Waals surface area (Å²) >= 11 is 1.77. The van der Waals surface area contributed by atoms with Gasteiger partial charge in [-0.05, 0) is 24.9 Å². The van der Waals surface area contributed by atoms with Crippen LogP contribution in [0.5, 0.6) is 0 Å². The van der Waals surface area contributed by atoms with Crippen molar-refractivity contribution in [3.63, 3.8) is 0 Å². The van der Waals surface area contributed by atoms with Crippen LogP contribution >= 0.6 is 11.8 Å². The maximum absolute atomic E-state index is 11.5. The number of hydrogen-bond acceptors (Lipinski definition) is 4. The van der Waals surface area contributed by atoms with Gasteiger partial charge in [-0.2, -0.15) is 11.8 Å². The van der Waals surface area contributed by atoms with E-state index in [0.29, 0.717) is 18.3 Å². The van der Waals surface area contributed by atoms with Gasteiger partial charge >= 0.3 is 0 Å². The minimum Gasteiger partial charge on any atom is -0.349 e. The minimum atomic E-state index is -0.215. The molecule has 0 bridgehead atoms. The van der Waals surface area contributed by atoms with E-state index in [-0.39, 0.29) is 11.7 Å². The molecule has 84 valence electrons. The summed E-state index contributed by atoms with van der Waals surface area (Å²) in [6.07, 6.45) is 2.05. The largest absolute Gasteiger partial charge is 0.349 e. The predicted molar refractivity (Wildman–Crippen MR) is 61.0 cm³/mol. The molecular weight excluding hydrogens is 212 g/mol. The van der Waals surface area contributed by atoms with Crippen LogP contribution in [0.3, 0.4) is 0 Å². The number of amides is 1. The summed E-state index contributed by atoms with van der Waals surface area (Å²) < 4.78 is 0. The van der Waals surface area contributed by atoms with Crippen LogP contribution in [0, 0.1) is 12.8 Å². The molecule has 0 spiro atoms. The SMILES string of the molecule is CSCC(C)CNC(=O)c1n[nH]c(C)n1. The highest BCUT2D eigenvalue weighted by atomic mass is 32.2. The van der Waals surface area contributed by atoms with Gasteiger partial charge in [0, 0.05) is 6.54 Å². The van der Waals surface area contributed by atoms with E-state index in [0.717, 1.165) is 5.75 Å². The van der Waals surface area contributed by atoms with Crippen molar-refractivity contribution in [2.24, 2.45) is 5.92 Å². The van der Waals surface area contributed by atoms with E-state index in [1.165, 1.54) is 0 Å². The number of nitrogens with zero attached hydrogens (tertiary/aromatic N) is 2. The van der Waals surface area contributed by atoms with Crippen LogP contribution in [0.4, 0.5) is 0 Å². The summed E-state index contributed by atoms with van der Waals surface area (Å²) in [6, 6.07) is 0. The van der Waals surface area contributed by atoms with Crippen molar-refractivity contribution in [2.75, 3.05) is 18.6 Å². The summed E-state index contributed by atoms with van der Waals surface area (Å²) in [5, 5.41) is 9.22. The number of H-pyrrole nitrogens is 1. The summed E-state index contributed by atoms with van der Waals surface area (Å²) in [6.45, 7) is 4.52. The lowest BCUT2D eigenvalue weighted by Crippen LogP contribution is -2.29. The number of carbonyl (C=O) groups is 1. The molecule has 1 aromatic heterocycles. The van der Waals surface area contributed by atoms with Crippen LogP contribution in [0.1, 0.15) is 23.4 Å². The third-order valence-electron chi connectivity index (χ3n) is 1.86. The Balaban J connectivity index is 2.36. The number of nitrogens with one attached hydrogen (secondary N) is 2. The van der Waals surface area contributed by atoms with Crippen LogP contribution in [-0.4, -0.2) is 39.6 Å². The van der Waals surface area contributed by atoms with Crippen LogP contribution < -0.4 is 5.32 Å². The van der Waals surface area contributed by atoms with Gasteiger partial charge in [0.05, 0.1) is 0 Å². The smallest absolute Gasteiger partial charge is 0.290 e. The van der Waals surface area contributed by atoms with E-state index in [4.69, 9.17) is 0 Å². The van der Waals surface area contributed by atoms with Gasteiger partial charge in [0.25, 0.3) is 5.91 Å². The molecule has 1 heterocycles. The Morgan fingerprint density at radius 2 is 2.40 bits per heavy atom. The standard InChI is InChI=1S/C9H16N4OS/c1-6(5-15-3)4-10-9(14)8-11-7(2)12-13-8/h6H,4-5H2,1-3H3,(H,10,14)(H,11,12,13). The van der Waals surface area contributed by atoms with E-state index in [1.54, 1.807) is 18.7 Å². The average molecular weight is 228 g/mol. The summed E-state index contributed by atoms with van der Waals surface area (Å²) in [4.78, 5) is 15.5. The first kappa shape index (κ1) is 12.0. The van der Waals surface area contributed by atoms with E-state index in [2.05, 4.69) is 33.7 Å². The molecular formula is C9H16N4OS. The zero-order valence-corrected chi connectivity index (χ0v) is 10.0. The van der Waals surface area contributed by atoms with Crippen molar-refractivity contribution in [3.8, 4) is 0 Å². The lowest BCUT2D eigenvalue weighted by atomic mass is 10.2. The van der Waals surface area contributed by atoms with Gasteiger partial charge in [0.1, 0.15) is 5.82 Å². The van der Waals surface area contributed by atoms with Crippen LogP contribution in [0.25, 0.3) is 0 Å². The molecule has 0 saturated heterocycles. The molecule has 0 fully saturated rings. The van der Waals surface area contributed by atoms with Gasteiger partial charge < -0.3 is 5.32 Å². The van der Waals surface area contributed by atoms with Crippen LogP contribution in [0.15, 0.2) is 0 Å². The molecule has 5 nitrogen and oxygen atoms in total. The van der Waals surface area contributed by atoms with Gasteiger partial charge in [-0.3, -0.25) is 9.89 Å². The zero-order valence-electron chi connectivity index (χ0n) is 9.20. The average Bonchev–Trinajstić information content (AvgIpc) is 2.62. The molecule has 0 aliphatic heterocycles. The van der Waals surface area contributed by atoms with Crippen LogP contribution in [0.2, 0.25) is 0 Å². The highest BCUT2D eigenvalue weighted by Gasteiger charge is 2.11. The molecule has 1 rings (SSSR count). The number of thioether (sulfide) groups is 1. The molecule has 2 N–H and O–H groups in total. The van der Waals surface area contributed by atoms with Crippen molar-refractivity contribution >= 4 is 17.7 Å². The fraction of sp³-hybridized carbons (Fsp3) is 0.667. The fourth-order valence-corrected chi connectivity index (χ4v) is 1.82. The highest BCUT2D eigenvalue weighted by molar-refractivity contribution is 7.98. The summed E-state index contributed by atoms with van der Waals surface area (Å²) in [5.74, 6) is 2.14. The second-order valence-electron chi connectivity index (χ2n) is 3.51. The van der Waals surface area contributed by atoms with Crippen molar-refractivity contribution in [1.82, 2.24) is 20.5 Å². The van der Waals surface area contributed by atoms with Gasteiger partial charge in [0.2, 0.25) is 5.82 Å². The third kappa shape index (κ3) is 3.91. The first-order chi connectivity index (χ1) is 7.13. The number of carbonyl (C=O) groups excluding carboxylic acids is 1. The van der Waals surface area contributed by atoms with Gasteiger partial charge in [-0.15, -0.1) is 5.10 Å². The molecule has 1 aromatic rings. The fourth-order valence-electron chi connectivity index (χ4n) is 1.13. The Bertz CT molecular complexity index is 326. The minimum absolute atomic E-state index is 0.212. The van der Waals surface area contributed by atoms with Crippen LogP contribution in [-0.2, 0) is 0 Å². The third-order valence-corrected chi connectivity index (χ3v) is 2.76. The molecule has 0 radical (unpaired) electrons. The van der Waals surface area contributed by atoms with Crippen molar-refractivity contribution in [2.45, 2.75) is 13.8 Å². The molecule has 0 aliphatic carbocycles. The number of aryl methyl sites for hydroxylation is 1. The zero-order chi connectivity index (χ0) is 11.3. The highest BCUT2D eigenvalue weighted by Crippen LogP contribution is 2.02. The molecule has 1 amide bonds. The Labute approximate surface area is 93.4 Å². The van der Waals surface area contributed by atoms with E-state index < -0.39 is 0 Å². The monoisotopic (exact) mass is 228 g/mol. The molecule has 0 aromatic carbocycles. The van der Waals surface area contributed by atoms with Crippen molar-refractivity contribution < 1.29 is 4.79 Å². The normalized spacial score (nSPS) is 12.5. The van der Waals surface area contributed by atoms with Gasteiger partial charge in [-0.25, -0.2) is 4.98 Å². The molecule has 15 heavy (non-hydrogen) atoms. The van der Waals surface area contributed by atoms with Crippen molar-refractivity contribution in [3.05, 3.63) is 11.6 Å². The number of hydrogen-bond donors (Lipinski definition) is 2. The second-order valence-corrected chi connectivity index (χ2v) is 4.43. The Morgan fingerprint density at radius 3 is 2.93 bits per heavy atom. The lowest BCUT2D eigenvalue weighted by molar-refractivity contribution is 0.0939. The Hall–Kier alpha value is -1.04. The quantitative estimate of drug-likeness (QED) is 0.783. The molecule has 0 aliphatic rings. The van der Waals surface area contributed by atoms with E-state index >= 15 is 0 Å². The number of aromatic amines is 1. The van der Waals surface area contributed by atoms with Crippen molar-refractivity contribution in [1.29, 1.82) is 0 Å². The number of rotatable bonds is 5. The number of aromatic nitrogens is 3. The van der Waals surface area contributed by atoms with Gasteiger partial charge in [-0.1, -0.05) is 6.92 Å². The molecule has 6 heteroatoms. The molecule has 1 atom stereocenters. The predicted octanol–water partition coefficient (Wildman–Crippen LogP) is 0.842. The first-order valence-corrected chi connectivity index (χ1v) is 6.19. The Morgan fingerprint density at radius 1 is 1.67 bits per heavy atom. The molecule has 1 unspecified atom stereocenters. The van der Waals surface area contributed by atoms with Gasteiger partial charge in [0.15, 0.2) is 0 Å².